The van der Waals surface area contributed by atoms with Crippen molar-refractivity contribution in [3.63, 3.8) is 0 Å². The second kappa shape index (κ2) is 10.9. The van der Waals surface area contributed by atoms with Gasteiger partial charge in [0.25, 0.3) is 0 Å². The largest absolute Gasteiger partial charge is 0.497 e. The smallest absolute Gasteiger partial charge is 0.135 e. The van der Waals surface area contributed by atoms with Gasteiger partial charge in [-0.2, -0.15) is 0 Å². The van der Waals surface area contributed by atoms with Crippen LogP contribution in [0, 0.1) is 6.92 Å². The van der Waals surface area contributed by atoms with Gasteiger partial charge >= 0.3 is 0 Å². The van der Waals surface area contributed by atoms with Crippen LogP contribution in [0.5, 0.6) is 11.5 Å². The molecule has 3 unspecified atom stereocenters. The lowest BCUT2D eigenvalue weighted by atomic mass is 9.92. The number of furan rings is 1. The van der Waals surface area contributed by atoms with Crippen LogP contribution in [-0.2, 0) is 12.8 Å². The van der Waals surface area contributed by atoms with Crippen LogP contribution in [-0.4, -0.2) is 48.2 Å². The fourth-order valence-corrected chi connectivity index (χ4v) is 5.43. The van der Waals surface area contributed by atoms with Crippen LogP contribution in [0.2, 0.25) is 0 Å². The molecule has 0 amide bonds. The van der Waals surface area contributed by atoms with Crippen LogP contribution < -0.4 is 14.8 Å². The Hall–Kier alpha value is -3.00. The molecule has 5 rings (SSSR count). The van der Waals surface area contributed by atoms with Gasteiger partial charge in [-0.15, -0.1) is 0 Å². The predicted octanol–water partition coefficient (Wildman–Crippen LogP) is 4.77. The van der Waals surface area contributed by atoms with Crippen LogP contribution in [0.15, 0.2) is 53.1 Å². The van der Waals surface area contributed by atoms with Gasteiger partial charge in [0.1, 0.15) is 29.5 Å². The Balaban J connectivity index is 1.46. The van der Waals surface area contributed by atoms with E-state index in [1.54, 1.807) is 13.4 Å². The Kier molecular flexibility index (Phi) is 7.51. The van der Waals surface area contributed by atoms with Gasteiger partial charge in [0.05, 0.1) is 20.0 Å². The Morgan fingerprint density at radius 2 is 2.06 bits per heavy atom. The van der Waals surface area contributed by atoms with Gasteiger partial charge in [-0.05, 0) is 72.7 Å². The van der Waals surface area contributed by atoms with E-state index in [0.717, 1.165) is 61.4 Å². The van der Waals surface area contributed by atoms with E-state index in [4.69, 9.17) is 13.9 Å². The Bertz CT molecular complexity index is 1180. The molecule has 2 aliphatic rings. The molecule has 0 aliphatic carbocycles. The highest BCUT2D eigenvalue weighted by Crippen LogP contribution is 2.39. The van der Waals surface area contributed by atoms with E-state index in [1.807, 2.05) is 31.2 Å². The fraction of sp³-hybridized carbons (Fsp3) is 0.448. The lowest BCUT2D eigenvalue weighted by molar-refractivity contribution is -0.0566. The lowest BCUT2D eigenvalue weighted by Crippen LogP contribution is -2.46. The summed E-state index contributed by atoms with van der Waals surface area (Å²) in [5, 5.41) is 24.9. The average molecular weight is 493 g/mol. The quantitative estimate of drug-likeness (QED) is 0.397. The van der Waals surface area contributed by atoms with E-state index in [-0.39, 0.29) is 12.6 Å². The van der Waals surface area contributed by atoms with Crippen molar-refractivity contribution in [3.05, 3.63) is 76.7 Å². The van der Waals surface area contributed by atoms with Gasteiger partial charge in [0.2, 0.25) is 0 Å². The van der Waals surface area contributed by atoms with Crippen LogP contribution in [0.25, 0.3) is 0 Å². The first-order chi connectivity index (χ1) is 17.6. The first-order valence-electron chi connectivity index (χ1n) is 12.9. The van der Waals surface area contributed by atoms with E-state index in [2.05, 4.69) is 28.4 Å². The normalized spacial score (nSPS) is 19.4. The summed E-state index contributed by atoms with van der Waals surface area (Å²) in [6.45, 7) is 3.56. The first-order valence-corrected chi connectivity index (χ1v) is 12.9. The number of benzene rings is 2. The van der Waals surface area contributed by atoms with Crippen LogP contribution >= 0.6 is 0 Å². The van der Waals surface area contributed by atoms with Crippen molar-refractivity contribution in [2.24, 2.45) is 0 Å². The summed E-state index contributed by atoms with van der Waals surface area (Å²) in [6.07, 6.45) is 5.47. The van der Waals surface area contributed by atoms with Crippen molar-refractivity contribution in [2.45, 2.75) is 57.3 Å². The molecule has 3 aromatic rings. The van der Waals surface area contributed by atoms with Gasteiger partial charge in [0, 0.05) is 37.4 Å². The van der Waals surface area contributed by atoms with Gasteiger partial charge < -0.3 is 29.4 Å². The minimum atomic E-state index is -0.831. The zero-order valence-electron chi connectivity index (χ0n) is 21.1. The van der Waals surface area contributed by atoms with Crippen molar-refractivity contribution in [3.8, 4) is 11.5 Å². The minimum Gasteiger partial charge on any atom is -0.497 e. The molecule has 2 aliphatic heterocycles. The average Bonchev–Trinajstić information content (AvgIpc) is 3.55. The third-order valence-electron chi connectivity index (χ3n) is 7.27. The molecule has 3 N–H and O–H groups in total. The highest BCUT2D eigenvalue weighted by Gasteiger charge is 2.36. The molecular weight excluding hydrogens is 456 g/mol. The zero-order valence-corrected chi connectivity index (χ0v) is 21.1. The highest BCUT2D eigenvalue weighted by molar-refractivity contribution is 5.53. The molecule has 192 valence electrons. The van der Waals surface area contributed by atoms with Crippen molar-refractivity contribution in [2.75, 3.05) is 32.2 Å². The number of aliphatic hydroxyl groups excluding tert-OH is 2. The van der Waals surface area contributed by atoms with Gasteiger partial charge in [-0.25, -0.2) is 0 Å². The summed E-state index contributed by atoms with van der Waals surface area (Å²) in [5.74, 6) is 2.34. The minimum absolute atomic E-state index is 0.0516. The molecule has 1 saturated heterocycles. The number of likely N-dealkylation sites (tertiary alicyclic amines) is 1. The Labute approximate surface area is 212 Å². The number of rotatable bonds is 9. The first kappa shape index (κ1) is 24.7. The number of ether oxygens (including phenoxy) is 2. The molecule has 0 radical (unpaired) electrons. The molecule has 1 aromatic heterocycles. The van der Waals surface area contributed by atoms with Crippen molar-refractivity contribution in [1.82, 2.24) is 4.90 Å². The van der Waals surface area contributed by atoms with Crippen LogP contribution in [0.4, 0.5) is 5.69 Å². The van der Waals surface area contributed by atoms with E-state index in [0.29, 0.717) is 17.9 Å². The maximum absolute atomic E-state index is 11.9. The third-order valence-corrected chi connectivity index (χ3v) is 7.27. The molecular formula is C29H36N2O5. The molecule has 1 fully saturated rings. The molecule has 2 aromatic carbocycles. The standard InChI is InChI=1S/C29H36N2O5/c1-19-13-27(36-18-19)28(30-23-14-20(8-11-32)15-24(17-23)34-2)29(33)31-10-4-3-5-25(31)22-7-6-21-9-12-35-26(21)16-22/h6-7,13-18,25,28-30,32-33H,3-5,8-12H2,1-2H3. The van der Waals surface area contributed by atoms with Gasteiger partial charge in [-0.3, -0.25) is 4.90 Å². The number of nitrogens with one attached hydrogen (secondary N) is 1. The van der Waals surface area contributed by atoms with Gasteiger partial charge in [-0.1, -0.05) is 18.6 Å². The summed E-state index contributed by atoms with van der Waals surface area (Å²) in [7, 11) is 1.63. The number of nitrogens with zero attached hydrogens (tertiary/aromatic N) is 1. The molecule has 36 heavy (non-hydrogen) atoms. The van der Waals surface area contributed by atoms with Crippen molar-refractivity contribution >= 4 is 5.69 Å². The van der Waals surface area contributed by atoms with E-state index in [1.165, 1.54) is 11.1 Å². The summed E-state index contributed by atoms with van der Waals surface area (Å²) in [4.78, 5) is 2.19. The number of aryl methyl sites for hydroxylation is 1. The Morgan fingerprint density at radius 3 is 2.83 bits per heavy atom. The predicted molar refractivity (Wildman–Crippen MR) is 139 cm³/mol. The number of hydrogen-bond acceptors (Lipinski definition) is 7. The third kappa shape index (κ3) is 5.24. The Morgan fingerprint density at radius 1 is 1.17 bits per heavy atom. The molecule has 0 spiro atoms. The number of hydrogen-bond donors (Lipinski definition) is 3. The lowest BCUT2D eigenvalue weighted by Gasteiger charge is -2.42. The van der Waals surface area contributed by atoms with Crippen LogP contribution in [0.3, 0.4) is 0 Å². The molecule has 0 bridgehead atoms. The SMILES string of the molecule is COc1cc(CCO)cc(NC(c2cc(C)co2)C(O)N2CCCCC2c2ccc3c(c2)OCC3)c1. The summed E-state index contributed by atoms with van der Waals surface area (Å²) in [5.41, 5.74) is 5.19. The van der Waals surface area contributed by atoms with E-state index >= 15 is 0 Å². The maximum Gasteiger partial charge on any atom is 0.135 e. The van der Waals surface area contributed by atoms with Crippen molar-refractivity contribution < 1.29 is 24.1 Å². The number of anilines is 1. The van der Waals surface area contributed by atoms with Gasteiger partial charge in [0.15, 0.2) is 0 Å². The molecule has 7 heteroatoms. The zero-order chi connectivity index (χ0) is 25.1. The maximum atomic E-state index is 11.9. The molecule has 3 atom stereocenters. The van der Waals surface area contributed by atoms with E-state index in [9.17, 15) is 10.2 Å². The van der Waals surface area contributed by atoms with Crippen molar-refractivity contribution in [1.29, 1.82) is 0 Å². The highest BCUT2D eigenvalue weighted by atomic mass is 16.5. The summed E-state index contributed by atoms with van der Waals surface area (Å²) < 4.78 is 17.2. The monoisotopic (exact) mass is 492 g/mol. The molecule has 7 nitrogen and oxygen atoms in total. The number of aliphatic hydroxyl groups is 2. The second-order valence-corrected chi connectivity index (χ2v) is 9.82. The topological polar surface area (TPSA) is 87.3 Å². The fourth-order valence-electron chi connectivity index (χ4n) is 5.43. The number of methoxy groups -OCH3 is 1. The molecule has 3 heterocycles. The number of piperidine rings is 1. The van der Waals surface area contributed by atoms with Crippen LogP contribution in [0.1, 0.15) is 59.4 Å². The molecule has 0 saturated carbocycles. The second-order valence-electron chi connectivity index (χ2n) is 9.82. The number of fused-ring (bicyclic) bond motifs is 1. The van der Waals surface area contributed by atoms with E-state index < -0.39 is 12.3 Å². The summed E-state index contributed by atoms with van der Waals surface area (Å²) in [6, 6.07) is 13.9. The summed E-state index contributed by atoms with van der Waals surface area (Å²) >= 11 is 0.